The summed E-state index contributed by atoms with van der Waals surface area (Å²) < 4.78 is 4.15. The molecule has 1 aliphatic carbocycles. The summed E-state index contributed by atoms with van der Waals surface area (Å²) in [5.74, 6) is 0. The number of rotatable bonds is 4. The molecule has 3 aromatic heterocycles. The van der Waals surface area contributed by atoms with Gasteiger partial charge in [0, 0.05) is 10.7 Å². The van der Waals surface area contributed by atoms with Gasteiger partial charge in [-0.3, -0.25) is 0 Å². The summed E-state index contributed by atoms with van der Waals surface area (Å²) in [5, 5.41) is 14.5. The molecule has 2 atom stereocenters. The number of aliphatic hydroxyl groups is 1. The van der Waals surface area contributed by atoms with Gasteiger partial charge >= 0.3 is 0 Å². The summed E-state index contributed by atoms with van der Waals surface area (Å²) in [5.41, 5.74) is 3.90. The zero-order valence-corrected chi connectivity index (χ0v) is 17.6. The molecule has 0 aliphatic heterocycles. The fourth-order valence-electron chi connectivity index (χ4n) is 3.84. The van der Waals surface area contributed by atoms with Crippen LogP contribution < -0.4 is 5.32 Å². The summed E-state index contributed by atoms with van der Waals surface area (Å²) in [7, 11) is 0. The SMILES string of the molecule is OC1CCCCC1Nc1nc2c(Br)cc(Cn3cnc4cccnc43)cc2s1. The Balaban J connectivity index is 1.43. The van der Waals surface area contributed by atoms with Crippen LogP contribution in [0.15, 0.2) is 41.3 Å². The van der Waals surface area contributed by atoms with E-state index in [-0.39, 0.29) is 12.1 Å². The number of aliphatic hydroxyl groups excluding tert-OH is 1. The maximum absolute atomic E-state index is 10.2. The van der Waals surface area contributed by atoms with Crippen molar-refractivity contribution in [1.29, 1.82) is 0 Å². The molecule has 0 saturated heterocycles. The van der Waals surface area contributed by atoms with Crippen LogP contribution in [-0.2, 0) is 6.54 Å². The first-order chi connectivity index (χ1) is 13.7. The molecule has 2 unspecified atom stereocenters. The van der Waals surface area contributed by atoms with Crippen LogP contribution in [0.3, 0.4) is 0 Å². The van der Waals surface area contributed by atoms with Gasteiger partial charge in [-0.25, -0.2) is 15.0 Å². The van der Waals surface area contributed by atoms with Crippen molar-refractivity contribution in [3.63, 3.8) is 0 Å². The van der Waals surface area contributed by atoms with E-state index in [9.17, 15) is 5.11 Å². The normalized spacial score (nSPS) is 20.1. The van der Waals surface area contributed by atoms with Crippen molar-refractivity contribution in [2.24, 2.45) is 0 Å². The largest absolute Gasteiger partial charge is 0.391 e. The minimum atomic E-state index is -0.290. The van der Waals surface area contributed by atoms with E-state index < -0.39 is 0 Å². The molecule has 144 valence electrons. The van der Waals surface area contributed by atoms with Crippen LogP contribution in [0.25, 0.3) is 21.4 Å². The average Bonchev–Trinajstić information content (AvgIpc) is 3.28. The average molecular weight is 458 g/mol. The highest BCUT2D eigenvalue weighted by Gasteiger charge is 2.24. The fourth-order valence-corrected chi connectivity index (χ4v) is 5.59. The fraction of sp³-hybridized carbons (Fsp3) is 0.350. The first kappa shape index (κ1) is 18.0. The van der Waals surface area contributed by atoms with Crippen molar-refractivity contribution < 1.29 is 5.11 Å². The molecular formula is C20H20BrN5OS. The third-order valence-corrected chi connectivity index (χ3v) is 6.81. The van der Waals surface area contributed by atoms with Crippen LogP contribution in [0.5, 0.6) is 0 Å². The molecule has 6 nitrogen and oxygen atoms in total. The van der Waals surface area contributed by atoms with Crippen LogP contribution in [0.1, 0.15) is 31.2 Å². The van der Waals surface area contributed by atoms with Gasteiger partial charge in [0.2, 0.25) is 0 Å². The van der Waals surface area contributed by atoms with Gasteiger partial charge in [-0.2, -0.15) is 0 Å². The zero-order valence-electron chi connectivity index (χ0n) is 15.2. The number of pyridine rings is 1. The molecule has 2 N–H and O–H groups in total. The number of nitrogens with zero attached hydrogens (tertiary/aromatic N) is 4. The topological polar surface area (TPSA) is 75.9 Å². The molecule has 0 spiro atoms. The third-order valence-electron chi connectivity index (χ3n) is 5.27. The Labute approximate surface area is 174 Å². The molecule has 1 aromatic carbocycles. The van der Waals surface area contributed by atoms with Crippen LogP contribution in [0, 0.1) is 0 Å². The lowest BCUT2D eigenvalue weighted by Gasteiger charge is -2.27. The van der Waals surface area contributed by atoms with E-state index in [0.29, 0.717) is 6.54 Å². The Kier molecular flexibility index (Phi) is 4.78. The molecule has 5 rings (SSSR count). The highest BCUT2D eigenvalue weighted by atomic mass is 79.9. The zero-order chi connectivity index (χ0) is 19.1. The van der Waals surface area contributed by atoms with E-state index in [1.54, 1.807) is 17.5 Å². The Morgan fingerprint density at radius 1 is 1.25 bits per heavy atom. The highest BCUT2D eigenvalue weighted by Crippen LogP contribution is 2.34. The van der Waals surface area contributed by atoms with Crippen LogP contribution >= 0.6 is 27.3 Å². The summed E-state index contributed by atoms with van der Waals surface area (Å²) in [6, 6.07) is 8.25. The van der Waals surface area contributed by atoms with Gasteiger partial charge in [0.15, 0.2) is 10.8 Å². The Morgan fingerprint density at radius 2 is 2.14 bits per heavy atom. The van der Waals surface area contributed by atoms with Crippen LogP contribution in [-0.4, -0.2) is 36.8 Å². The van der Waals surface area contributed by atoms with Gasteiger partial charge in [0.25, 0.3) is 0 Å². The van der Waals surface area contributed by atoms with E-state index in [1.807, 2.05) is 18.5 Å². The lowest BCUT2D eigenvalue weighted by Crippen LogP contribution is -2.36. The standard InChI is InChI=1S/C20H20BrN5OS/c21-13-8-12(10-26-11-23-15-5-3-7-22-19(15)26)9-17-18(13)25-20(28-17)24-14-4-1-2-6-16(14)27/h3,5,7-9,11,14,16,27H,1-2,4,6,10H2,(H,24,25). The van der Waals surface area contributed by atoms with Gasteiger partial charge in [0.05, 0.1) is 35.2 Å². The van der Waals surface area contributed by atoms with Crippen LogP contribution in [0.2, 0.25) is 0 Å². The summed E-state index contributed by atoms with van der Waals surface area (Å²) in [6.45, 7) is 0.698. The molecule has 3 heterocycles. The number of nitrogens with one attached hydrogen (secondary N) is 1. The number of anilines is 1. The lowest BCUT2D eigenvalue weighted by atomic mass is 9.93. The van der Waals surface area contributed by atoms with E-state index in [0.717, 1.165) is 62.2 Å². The van der Waals surface area contributed by atoms with Gasteiger partial charge in [-0.05, 0) is 58.6 Å². The Bertz CT molecular complexity index is 1140. The first-order valence-corrected chi connectivity index (χ1v) is 11.1. The van der Waals surface area contributed by atoms with Crippen LogP contribution in [0.4, 0.5) is 5.13 Å². The predicted octanol–water partition coefficient (Wildman–Crippen LogP) is 4.57. The maximum atomic E-state index is 10.2. The van der Waals surface area contributed by atoms with Crippen molar-refractivity contribution in [3.8, 4) is 0 Å². The van der Waals surface area contributed by atoms with Crippen molar-refractivity contribution in [1.82, 2.24) is 19.5 Å². The number of aromatic nitrogens is 4. The molecule has 28 heavy (non-hydrogen) atoms. The monoisotopic (exact) mass is 457 g/mol. The quantitative estimate of drug-likeness (QED) is 0.469. The number of imidazole rings is 1. The number of fused-ring (bicyclic) bond motifs is 2. The molecule has 4 aromatic rings. The van der Waals surface area contributed by atoms with Crippen molar-refractivity contribution >= 4 is 53.8 Å². The van der Waals surface area contributed by atoms with Gasteiger partial charge in [0.1, 0.15) is 5.52 Å². The van der Waals surface area contributed by atoms with Gasteiger partial charge in [-0.1, -0.05) is 24.2 Å². The smallest absolute Gasteiger partial charge is 0.184 e. The molecule has 8 heteroatoms. The van der Waals surface area contributed by atoms with E-state index in [1.165, 1.54) is 0 Å². The number of thiazole rings is 1. The number of hydrogen-bond donors (Lipinski definition) is 2. The second kappa shape index (κ2) is 7.42. The maximum Gasteiger partial charge on any atom is 0.184 e. The molecule has 0 radical (unpaired) electrons. The summed E-state index contributed by atoms with van der Waals surface area (Å²) in [6.07, 6.45) is 7.45. The van der Waals surface area contributed by atoms with E-state index >= 15 is 0 Å². The highest BCUT2D eigenvalue weighted by molar-refractivity contribution is 9.10. The first-order valence-electron chi connectivity index (χ1n) is 9.47. The molecular weight excluding hydrogens is 438 g/mol. The number of hydrogen-bond acceptors (Lipinski definition) is 6. The van der Waals surface area contributed by atoms with Crippen molar-refractivity contribution in [2.75, 3.05) is 5.32 Å². The predicted molar refractivity (Wildman–Crippen MR) is 116 cm³/mol. The molecule has 1 fully saturated rings. The minimum Gasteiger partial charge on any atom is -0.391 e. The summed E-state index contributed by atoms with van der Waals surface area (Å²) in [4.78, 5) is 13.6. The van der Waals surface area contributed by atoms with Crippen molar-refractivity contribution in [3.05, 3.63) is 46.8 Å². The Morgan fingerprint density at radius 3 is 3.04 bits per heavy atom. The van der Waals surface area contributed by atoms with Gasteiger partial charge in [-0.15, -0.1) is 0 Å². The minimum absolute atomic E-state index is 0.0935. The lowest BCUT2D eigenvalue weighted by molar-refractivity contribution is 0.116. The number of benzene rings is 1. The molecule has 0 bridgehead atoms. The Hall–Kier alpha value is -2.03. The summed E-state index contributed by atoms with van der Waals surface area (Å²) >= 11 is 5.31. The molecule has 1 aliphatic rings. The van der Waals surface area contributed by atoms with E-state index in [4.69, 9.17) is 4.98 Å². The number of halogens is 1. The third kappa shape index (κ3) is 3.40. The van der Waals surface area contributed by atoms with E-state index in [2.05, 4.69) is 47.9 Å². The molecule has 1 saturated carbocycles. The second-order valence-corrected chi connectivity index (χ2v) is 9.15. The molecule has 0 amide bonds. The second-order valence-electron chi connectivity index (χ2n) is 7.26. The van der Waals surface area contributed by atoms with Gasteiger partial charge < -0.3 is 15.0 Å². The van der Waals surface area contributed by atoms with Crippen molar-refractivity contribution in [2.45, 2.75) is 44.4 Å².